The van der Waals surface area contributed by atoms with Gasteiger partial charge in [-0.15, -0.1) is 0 Å². The number of hydrogen-bond donors (Lipinski definition) is 0. The van der Waals surface area contributed by atoms with Gasteiger partial charge < -0.3 is 4.90 Å². The van der Waals surface area contributed by atoms with E-state index in [2.05, 4.69) is 27.2 Å². The van der Waals surface area contributed by atoms with E-state index in [0.717, 1.165) is 31.7 Å². The third-order valence-electron chi connectivity index (χ3n) is 3.89. The molecule has 1 fully saturated rings. The summed E-state index contributed by atoms with van der Waals surface area (Å²) in [6.07, 6.45) is 7.96. The van der Waals surface area contributed by atoms with E-state index < -0.39 is 0 Å². The molecule has 5 heteroatoms. The van der Waals surface area contributed by atoms with E-state index in [1.165, 1.54) is 5.56 Å². The highest BCUT2D eigenvalue weighted by atomic mass is 15.2. The van der Waals surface area contributed by atoms with E-state index in [1.807, 2.05) is 30.1 Å². The molecule has 0 atom stereocenters. The van der Waals surface area contributed by atoms with Gasteiger partial charge >= 0.3 is 0 Å². The zero-order valence-corrected chi connectivity index (χ0v) is 11.5. The Balaban J connectivity index is 1.64. The molecule has 1 aliphatic heterocycles. The maximum atomic E-state index is 8.79. The number of nitriles is 1. The van der Waals surface area contributed by atoms with Crippen LogP contribution >= 0.6 is 0 Å². The summed E-state index contributed by atoms with van der Waals surface area (Å²) >= 11 is 0. The monoisotopic (exact) mass is 267 g/mol. The van der Waals surface area contributed by atoms with Gasteiger partial charge in [0, 0.05) is 32.5 Å². The fourth-order valence-electron chi connectivity index (χ4n) is 2.73. The molecule has 0 aliphatic carbocycles. The molecule has 0 saturated carbocycles. The van der Waals surface area contributed by atoms with Gasteiger partial charge in [0.2, 0.25) is 0 Å². The minimum Gasteiger partial charge on any atom is -0.357 e. The molecule has 2 aromatic rings. The molecule has 1 aliphatic rings. The Morgan fingerprint density at radius 1 is 1.25 bits per heavy atom. The van der Waals surface area contributed by atoms with Crippen LogP contribution in [-0.4, -0.2) is 27.9 Å². The second-order valence-corrected chi connectivity index (χ2v) is 5.23. The molecule has 1 saturated heterocycles. The van der Waals surface area contributed by atoms with Crippen LogP contribution in [0.5, 0.6) is 0 Å². The van der Waals surface area contributed by atoms with Gasteiger partial charge in [-0.3, -0.25) is 4.68 Å². The summed E-state index contributed by atoms with van der Waals surface area (Å²) in [5.41, 5.74) is 1.94. The van der Waals surface area contributed by atoms with Gasteiger partial charge in [-0.05, 0) is 36.5 Å². The molecule has 102 valence electrons. The van der Waals surface area contributed by atoms with E-state index in [1.54, 1.807) is 6.20 Å². The van der Waals surface area contributed by atoms with E-state index >= 15 is 0 Å². The molecule has 0 spiro atoms. The highest BCUT2D eigenvalue weighted by molar-refractivity contribution is 5.42. The van der Waals surface area contributed by atoms with Crippen LogP contribution in [0.2, 0.25) is 0 Å². The molecule has 2 aromatic heterocycles. The van der Waals surface area contributed by atoms with Crippen molar-refractivity contribution in [3.63, 3.8) is 0 Å². The van der Waals surface area contributed by atoms with E-state index in [9.17, 15) is 0 Å². The summed E-state index contributed by atoms with van der Waals surface area (Å²) in [6.45, 7) is 2.00. The van der Waals surface area contributed by atoms with Crippen molar-refractivity contribution >= 4 is 5.82 Å². The van der Waals surface area contributed by atoms with Gasteiger partial charge in [-0.2, -0.15) is 10.4 Å². The Morgan fingerprint density at radius 3 is 2.60 bits per heavy atom. The molecular formula is C15H17N5. The molecular weight excluding hydrogens is 250 g/mol. The maximum absolute atomic E-state index is 8.79. The second-order valence-electron chi connectivity index (χ2n) is 5.23. The maximum Gasteiger partial charge on any atom is 0.128 e. The van der Waals surface area contributed by atoms with Crippen LogP contribution in [0.25, 0.3) is 0 Å². The normalized spacial score (nSPS) is 16.1. The number of piperidine rings is 1. The number of nitrogens with zero attached hydrogens (tertiary/aromatic N) is 5. The fourth-order valence-corrected chi connectivity index (χ4v) is 2.73. The van der Waals surface area contributed by atoms with Crippen LogP contribution < -0.4 is 4.90 Å². The second kappa shape index (κ2) is 5.33. The van der Waals surface area contributed by atoms with E-state index in [0.29, 0.717) is 11.5 Å². The van der Waals surface area contributed by atoms with Crippen molar-refractivity contribution in [3.8, 4) is 6.07 Å². The lowest BCUT2D eigenvalue weighted by atomic mass is 9.91. The van der Waals surface area contributed by atoms with Gasteiger partial charge in [0.25, 0.3) is 0 Å². The van der Waals surface area contributed by atoms with Crippen molar-refractivity contribution < 1.29 is 0 Å². The van der Waals surface area contributed by atoms with Crippen molar-refractivity contribution in [2.45, 2.75) is 18.8 Å². The first kappa shape index (κ1) is 12.7. The third kappa shape index (κ3) is 2.50. The van der Waals surface area contributed by atoms with Gasteiger partial charge in [-0.1, -0.05) is 0 Å². The van der Waals surface area contributed by atoms with Crippen LogP contribution in [0.1, 0.15) is 29.9 Å². The van der Waals surface area contributed by atoms with Crippen LogP contribution in [0.3, 0.4) is 0 Å². The average Bonchev–Trinajstić information content (AvgIpc) is 2.94. The first-order valence-corrected chi connectivity index (χ1v) is 6.86. The van der Waals surface area contributed by atoms with E-state index in [-0.39, 0.29) is 0 Å². The van der Waals surface area contributed by atoms with Gasteiger partial charge in [-0.25, -0.2) is 4.98 Å². The fraction of sp³-hybridized carbons (Fsp3) is 0.400. The summed E-state index contributed by atoms with van der Waals surface area (Å²) < 4.78 is 1.86. The number of anilines is 1. The van der Waals surface area contributed by atoms with Gasteiger partial charge in [0.1, 0.15) is 11.9 Å². The number of hydrogen-bond acceptors (Lipinski definition) is 4. The average molecular weight is 267 g/mol. The summed E-state index contributed by atoms with van der Waals surface area (Å²) in [4.78, 5) is 6.65. The molecule has 0 unspecified atom stereocenters. The molecule has 0 bridgehead atoms. The van der Waals surface area contributed by atoms with Crippen LogP contribution in [0.4, 0.5) is 5.82 Å². The Labute approximate surface area is 118 Å². The standard InChI is InChI=1S/C15H17N5/c1-19-11-14(10-18-19)13-4-6-20(7-5-13)15-3-2-12(8-16)9-17-15/h2-3,9-11,13H,4-7H2,1H3. The minimum absolute atomic E-state index is 0.596. The predicted octanol–water partition coefficient (Wildman–Crippen LogP) is 2.07. The quantitative estimate of drug-likeness (QED) is 0.835. The van der Waals surface area contributed by atoms with Crippen LogP contribution in [-0.2, 0) is 7.05 Å². The summed E-state index contributed by atoms with van der Waals surface area (Å²) in [5.74, 6) is 1.56. The molecule has 3 rings (SSSR count). The molecule has 0 radical (unpaired) electrons. The zero-order valence-electron chi connectivity index (χ0n) is 11.5. The van der Waals surface area contributed by atoms with Gasteiger partial charge in [0.05, 0.1) is 11.8 Å². The number of aryl methyl sites for hydroxylation is 1. The first-order valence-electron chi connectivity index (χ1n) is 6.86. The molecule has 0 aromatic carbocycles. The van der Waals surface area contributed by atoms with Crippen molar-refractivity contribution in [1.29, 1.82) is 5.26 Å². The van der Waals surface area contributed by atoms with Crippen molar-refractivity contribution in [3.05, 3.63) is 41.9 Å². The molecule has 5 nitrogen and oxygen atoms in total. The lowest BCUT2D eigenvalue weighted by Gasteiger charge is -2.32. The summed E-state index contributed by atoms with van der Waals surface area (Å²) in [6, 6.07) is 5.86. The summed E-state index contributed by atoms with van der Waals surface area (Å²) in [5, 5.41) is 13.0. The SMILES string of the molecule is Cn1cc(C2CCN(c3ccc(C#N)cn3)CC2)cn1. The van der Waals surface area contributed by atoms with Crippen molar-refractivity contribution in [2.75, 3.05) is 18.0 Å². The van der Waals surface area contributed by atoms with Crippen LogP contribution in [0.15, 0.2) is 30.7 Å². The van der Waals surface area contributed by atoms with Gasteiger partial charge in [0.15, 0.2) is 0 Å². The number of pyridine rings is 1. The lowest BCUT2D eigenvalue weighted by Crippen LogP contribution is -2.33. The molecule has 0 N–H and O–H groups in total. The minimum atomic E-state index is 0.596. The number of rotatable bonds is 2. The van der Waals surface area contributed by atoms with Crippen LogP contribution in [0, 0.1) is 11.3 Å². The highest BCUT2D eigenvalue weighted by Crippen LogP contribution is 2.29. The predicted molar refractivity (Wildman–Crippen MR) is 76.3 cm³/mol. The Bertz CT molecular complexity index is 614. The van der Waals surface area contributed by atoms with Crippen molar-refractivity contribution in [1.82, 2.24) is 14.8 Å². The summed E-state index contributed by atoms with van der Waals surface area (Å²) in [7, 11) is 1.96. The smallest absolute Gasteiger partial charge is 0.128 e. The Hall–Kier alpha value is -2.35. The molecule has 3 heterocycles. The highest BCUT2D eigenvalue weighted by Gasteiger charge is 2.22. The lowest BCUT2D eigenvalue weighted by molar-refractivity contribution is 0.502. The van der Waals surface area contributed by atoms with Crippen molar-refractivity contribution in [2.24, 2.45) is 7.05 Å². The first-order chi connectivity index (χ1) is 9.76. The zero-order chi connectivity index (χ0) is 13.9. The molecule has 0 amide bonds. The Kier molecular flexibility index (Phi) is 3.38. The topological polar surface area (TPSA) is 57.7 Å². The number of aromatic nitrogens is 3. The Morgan fingerprint density at radius 2 is 2.05 bits per heavy atom. The largest absolute Gasteiger partial charge is 0.357 e. The van der Waals surface area contributed by atoms with E-state index in [4.69, 9.17) is 5.26 Å². The molecule has 20 heavy (non-hydrogen) atoms. The third-order valence-corrected chi connectivity index (χ3v) is 3.89.